The number of nitrogens with two attached hydrogens (primary N) is 1. The highest BCUT2D eigenvalue weighted by Gasteiger charge is 2.13. The normalized spacial score (nSPS) is 9.65. The molecule has 0 bridgehead atoms. The number of nitrogen functional groups attached to an aromatic ring is 1. The molecule has 0 heterocycles. The number of benzene rings is 1. The van der Waals surface area contributed by atoms with Crippen LogP contribution in [0.4, 0.5) is 17.1 Å². The Kier molecular flexibility index (Phi) is 4.28. The van der Waals surface area contributed by atoms with E-state index in [9.17, 15) is 10.1 Å². The molecule has 0 amide bonds. The second-order valence-electron chi connectivity index (χ2n) is 3.48. The standard InChI is InChI=1S/C12H15N3O2/c1-3-7-14(8-4-2)10-5-6-12(15(16)17)11(13)9-10/h3-6,9H,1-2,7-8,13H2. The van der Waals surface area contributed by atoms with Gasteiger partial charge in [-0.3, -0.25) is 10.1 Å². The highest BCUT2D eigenvalue weighted by atomic mass is 16.6. The van der Waals surface area contributed by atoms with Crippen molar-refractivity contribution in [2.24, 2.45) is 0 Å². The Labute approximate surface area is 100.0 Å². The molecule has 17 heavy (non-hydrogen) atoms. The summed E-state index contributed by atoms with van der Waals surface area (Å²) in [6.07, 6.45) is 3.50. The summed E-state index contributed by atoms with van der Waals surface area (Å²) in [5.41, 5.74) is 6.53. The van der Waals surface area contributed by atoms with Gasteiger partial charge >= 0.3 is 0 Å². The van der Waals surface area contributed by atoms with Crippen molar-refractivity contribution in [1.29, 1.82) is 0 Å². The Morgan fingerprint density at radius 1 is 1.35 bits per heavy atom. The molecule has 1 aromatic carbocycles. The predicted molar refractivity (Wildman–Crippen MR) is 70.1 cm³/mol. The lowest BCUT2D eigenvalue weighted by Gasteiger charge is -2.21. The molecule has 5 nitrogen and oxygen atoms in total. The molecule has 0 radical (unpaired) electrons. The third-order valence-electron chi connectivity index (χ3n) is 2.27. The molecular formula is C12H15N3O2. The van der Waals surface area contributed by atoms with Crippen LogP contribution in [-0.4, -0.2) is 18.0 Å². The Bertz CT molecular complexity index is 433. The van der Waals surface area contributed by atoms with E-state index in [1.54, 1.807) is 24.3 Å². The fourth-order valence-corrected chi connectivity index (χ4v) is 1.50. The van der Waals surface area contributed by atoms with Gasteiger partial charge in [-0.25, -0.2) is 0 Å². The molecule has 1 aromatic rings. The van der Waals surface area contributed by atoms with Gasteiger partial charge in [0.2, 0.25) is 0 Å². The summed E-state index contributed by atoms with van der Waals surface area (Å²) in [7, 11) is 0. The first-order chi connectivity index (χ1) is 8.10. The second-order valence-corrected chi connectivity index (χ2v) is 3.48. The Balaban J connectivity index is 3.04. The van der Waals surface area contributed by atoms with Gasteiger partial charge in [0.05, 0.1) is 4.92 Å². The molecule has 5 heteroatoms. The number of nitrogens with zero attached hydrogens (tertiary/aromatic N) is 2. The van der Waals surface area contributed by atoms with E-state index in [0.717, 1.165) is 5.69 Å². The number of nitro benzene ring substituents is 1. The molecule has 0 spiro atoms. The summed E-state index contributed by atoms with van der Waals surface area (Å²) < 4.78 is 0. The lowest BCUT2D eigenvalue weighted by molar-refractivity contribution is -0.383. The van der Waals surface area contributed by atoms with Crippen molar-refractivity contribution in [1.82, 2.24) is 0 Å². The lowest BCUT2D eigenvalue weighted by Crippen LogP contribution is -2.23. The van der Waals surface area contributed by atoms with Gasteiger partial charge in [-0.2, -0.15) is 0 Å². The zero-order valence-corrected chi connectivity index (χ0v) is 9.50. The van der Waals surface area contributed by atoms with Crippen LogP contribution >= 0.6 is 0 Å². The van der Waals surface area contributed by atoms with Crippen molar-refractivity contribution in [3.05, 3.63) is 53.6 Å². The van der Waals surface area contributed by atoms with Crippen LogP contribution in [0.3, 0.4) is 0 Å². The predicted octanol–water partition coefficient (Wildman–Crippen LogP) is 2.36. The minimum absolute atomic E-state index is 0.0779. The maximum Gasteiger partial charge on any atom is 0.292 e. The average Bonchev–Trinajstić information content (AvgIpc) is 2.28. The second kappa shape index (κ2) is 5.69. The van der Waals surface area contributed by atoms with E-state index in [1.807, 2.05) is 4.90 Å². The van der Waals surface area contributed by atoms with Gasteiger partial charge in [0.15, 0.2) is 0 Å². The van der Waals surface area contributed by atoms with Crippen molar-refractivity contribution in [3.63, 3.8) is 0 Å². The van der Waals surface area contributed by atoms with Gasteiger partial charge in [-0.1, -0.05) is 12.2 Å². The summed E-state index contributed by atoms with van der Waals surface area (Å²) in [4.78, 5) is 12.1. The molecule has 0 aliphatic carbocycles. The summed E-state index contributed by atoms with van der Waals surface area (Å²) in [5.74, 6) is 0. The van der Waals surface area contributed by atoms with Crippen LogP contribution in [0.5, 0.6) is 0 Å². The number of nitro groups is 1. The first-order valence-electron chi connectivity index (χ1n) is 5.10. The van der Waals surface area contributed by atoms with Crippen molar-refractivity contribution in [2.75, 3.05) is 23.7 Å². The molecule has 0 aromatic heterocycles. The molecule has 90 valence electrons. The number of hydrogen-bond donors (Lipinski definition) is 1. The number of anilines is 2. The van der Waals surface area contributed by atoms with Crippen LogP contribution in [-0.2, 0) is 0 Å². The molecule has 0 aliphatic rings. The highest BCUT2D eigenvalue weighted by Crippen LogP contribution is 2.26. The average molecular weight is 233 g/mol. The SMILES string of the molecule is C=CCN(CC=C)c1ccc([N+](=O)[O-])c(N)c1. The van der Waals surface area contributed by atoms with Crippen molar-refractivity contribution in [2.45, 2.75) is 0 Å². The zero-order valence-electron chi connectivity index (χ0n) is 9.50. The van der Waals surface area contributed by atoms with E-state index >= 15 is 0 Å². The van der Waals surface area contributed by atoms with E-state index in [0.29, 0.717) is 13.1 Å². The van der Waals surface area contributed by atoms with Gasteiger partial charge in [-0.05, 0) is 12.1 Å². The largest absolute Gasteiger partial charge is 0.393 e. The Hall–Kier alpha value is -2.30. The Morgan fingerprint density at radius 3 is 2.35 bits per heavy atom. The summed E-state index contributed by atoms with van der Waals surface area (Å²) in [6, 6.07) is 4.66. The van der Waals surface area contributed by atoms with E-state index in [-0.39, 0.29) is 11.4 Å². The van der Waals surface area contributed by atoms with Crippen LogP contribution in [0.1, 0.15) is 0 Å². The third-order valence-corrected chi connectivity index (χ3v) is 2.27. The third kappa shape index (κ3) is 3.07. The molecule has 0 unspecified atom stereocenters. The summed E-state index contributed by atoms with van der Waals surface area (Å²) in [6.45, 7) is 8.58. The van der Waals surface area contributed by atoms with Gasteiger partial charge in [-0.15, -0.1) is 13.2 Å². The fraction of sp³-hybridized carbons (Fsp3) is 0.167. The maximum atomic E-state index is 10.6. The number of hydrogen-bond acceptors (Lipinski definition) is 4. The van der Waals surface area contributed by atoms with Crippen LogP contribution in [0.15, 0.2) is 43.5 Å². The summed E-state index contributed by atoms with van der Waals surface area (Å²) >= 11 is 0. The smallest absolute Gasteiger partial charge is 0.292 e. The zero-order chi connectivity index (χ0) is 12.8. The highest BCUT2D eigenvalue weighted by molar-refractivity contribution is 5.66. The van der Waals surface area contributed by atoms with E-state index in [4.69, 9.17) is 5.73 Å². The van der Waals surface area contributed by atoms with E-state index < -0.39 is 4.92 Å². The monoisotopic (exact) mass is 233 g/mol. The molecule has 0 saturated carbocycles. The fourth-order valence-electron chi connectivity index (χ4n) is 1.50. The number of rotatable bonds is 6. The summed E-state index contributed by atoms with van der Waals surface area (Å²) in [5, 5.41) is 10.6. The molecule has 2 N–H and O–H groups in total. The molecule has 0 aliphatic heterocycles. The topological polar surface area (TPSA) is 72.4 Å². The van der Waals surface area contributed by atoms with Gasteiger partial charge < -0.3 is 10.6 Å². The van der Waals surface area contributed by atoms with Gasteiger partial charge in [0.1, 0.15) is 5.69 Å². The van der Waals surface area contributed by atoms with Crippen molar-refractivity contribution < 1.29 is 4.92 Å². The van der Waals surface area contributed by atoms with Gasteiger partial charge in [0, 0.05) is 24.8 Å². The van der Waals surface area contributed by atoms with Crippen LogP contribution in [0.25, 0.3) is 0 Å². The molecule has 0 saturated heterocycles. The van der Waals surface area contributed by atoms with Crippen molar-refractivity contribution >= 4 is 17.1 Å². The van der Waals surface area contributed by atoms with Crippen molar-refractivity contribution in [3.8, 4) is 0 Å². The van der Waals surface area contributed by atoms with Crippen LogP contribution in [0.2, 0.25) is 0 Å². The quantitative estimate of drug-likeness (QED) is 0.354. The molecule has 0 fully saturated rings. The molecule has 1 rings (SSSR count). The van der Waals surface area contributed by atoms with E-state index in [1.165, 1.54) is 6.07 Å². The Morgan fingerprint density at radius 2 is 1.94 bits per heavy atom. The van der Waals surface area contributed by atoms with Crippen LogP contribution in [0, 0.1) is 10.1 Å². The minimum Gasteiger partial charge on any atom is -0.393 e. The molecular weight excluding hydrogens is 218 g/mol. The molecule has 0 atom stereocenters. The van der Waals surface area contributed by atoms with Gasteiger partial charge in [0.25, 0.3) is 5.69 Å². The van der Waals surface area contributed by atoms with Crippen LogP contribution < -0.4 is 10.6 Å². The first kappa shape index (κ1) is 12.8. The lowest BCUT2D eigenvalue weighted by atomic mass is 10.2. The maximum absolute atomic E-state index is 10.6. The first-order valence-corrected chi connectivity index (χ1v) is 5.10. The minimum atomic E-state index is -0.496. The van der Waals surface area contributed by atoms with E-state index in [2.05, 4.69) is 13.2 Å².